The van der Waals surface area contributed by atoms with E-state index in [0.29, 0.717) is 12.1 Å². The van der Waals surface area contributed by atoms with E-state index in [2.05, 4.69) is 74.1 Å². The molecule has 1 heterocycles. The van der Waals surface area contributed by atoms with Crippen molar-refractivity contribution in [1.82, 2.24) is 10.2 Å². The predicted molar refractivity (Wildman–Crippen MR) is 90.1 cm³/mol. The van der Waals surface area contributed by atoms with Crippen LogP contribution in [0.4, 0.5) is 0 Å². The number of rotatable bonds is 5. The Morgan fingerprint density at radius 2 is 2.25 bits per heavy atom. The van der Waals surface area contributed by atoms with Gasteiger partial charge in [0.1, 0.15) is 0 Å². The average Bonchev–Trinajstić information content (AvgIpc) is 2.45. The molecule has 0 amide bonds. The molecule has 1 aliphatic heterocycles. The zero-order valence-corrected chi connectivity index (χ0v) is 15.2. The molecule has 0 aromatic heterocycles. The van der Waals surface area contributed by atoms with Crippen LogP contribution in [0.15, 0.2) is 27.1 Å². The molecule has 0 saturated carbocycles. The lowest BCUT2D eigenvalue weighted by atomic mass is 10.1. The molecule has 1 N–H and O–H groups in total. The molecule has 0 bridgehead atoms. The normalized spacial score (nSPS) is 21.9. The molecule has 1 saturated heterocycles. The smallest absolute Gasteiger partial charge is 0.0826 e. The monoisotopic (exact) mass is 404 g/mol. The number of hydrogen-bond donors (Lipinski definition) is 1. The zero-order valence-electron chi connectivity index (χ0n) is 12.0. The van der Waals surface area contributed by atoms with Crippen LogP contribution < -0.4 is 5.32 Å². The summed E-state index contributed by atoms with van der Waals surface area (Å²) in [6.07, 6.45) is 0.292. The number of halogens is 2. The Morgan fingerprint density at radius 1 is 1.45 bits per heavy atom. The van der Waals surface area contributed by atoms with Crippen molar-refractivity contribution in [1.29, 1.82) is 0 Å². The Kier molecular flexibility index (Phi) is 6.49. The van der Waals surface area contributed by atoms with Crippen LogP contribution in [0.2, 0.25) is 0 Å². The molecule has 0 spiro atoms. The van der Waals surface area contributed by atoms with Crippen molar-refractivity contribution in [3.63, 3.8) is 0 Å². The number of hydrogen-bond acceptors (Lipinski definition) is 3. The quantitative estimate of drug-likeness (QED) is 0.810. The Morgan fingerprint density at radius 3 is 2.95 bits per heavy atom. The van der Waals surface area contributed by atoms with Crippen LogP contribution in [0, 0.1) is 0 Å². The van der Waals surface area contributed by atoms with Gasteiger partial charge in [-0.3, -0.25) is 4.90 Å². The largest absolute Gasteiger partial charge is 0.374 e. The minimum atomic E-state index is 0.292. The van der Waals surface area contributed by atoms with E-state index in [-0.39, 0.29) is 0 Å². The molecule has 1 fully saturated rings. The first-order valence-electron chi connectivity index (χ1n) is 7.12. The fourth-order valence-electron chi connectivity index (χ4n) is 2.46. The first kappa shape index (κ1) is 16.4. The average molecular weight is 406 g/mol. The van der Waals surface area contributed by atoms with Crippen LogP contribution in [0.25, 0.3) is 0 Å². The Labute approximate surface area is 138 Å². The molecule has 112 valence electrons. The molecule has 0 radical (unpaired) electrons. The third kappa shape index (κ3) is 4.53. The summed E-state index contributed by atoms with van der Waals surface area (Å²) in [5.41, 5.74) is 1.27. The van der Waals surface area contributed by atoms with Crippen molar-refractivity contribution in [2.24, 2.45) is 0 Å². The number of nitrogens with one attached hydrogen (secondary N) is 1. The number of ether oxygens (including phenoxy) is 1. The highest BCUT2D eigenvalue weighted by Gasteiger charge is 2.20. The maximum absolute atomic E-state index is 5.82. The van der Waals surface area contributed by atoms with Crippen LogP contribution in [0.3, 0.4) is 0 Å². The Hall–Kier alpha value is 0.0600. The maximum atomic E-state index is 5.82. The molecule has 2 atom stereocenters. The van der Waals surface area contributed by atoms with Gasteiger partial charge in [-0.25, -0.2) is 0 Å². The van der Waals surface area contributed by atoms with Gasteiger partial charge in [0.05, 0.1) is 12.7 Å². The van der Waals surface area contributed by atoms with Gasteiger partial charge in [-0.05, 0) is 31.2 Å². The van der Waals surface area contributed by atoms with Crippen molar-refractivity contribution in [2.45, 2.75) is 26.0 Å². The topological polar surface area (TPSA) is 24.5 Å². The van der Waals surface area contributed by atoms with Gasteiger partial charge >= 0.3 is 0 Å². The first-order valence-corrected chi connectivity index (χ1v) is 8.71. The minimum absolute atomic E-state index is 0.292. The second-order valence-electron chi connectivity index (χ2n) is 5.18. The van der Waals surface area contributed by atoms with Gasteiger partial charge in [-0.2, -0.15) is 0 Å². The molecule has 0 aliphatic carbocycles. The van der Waals surface area contributed by atoms with E-state index in [4.69, 9.17) is 4.74 Å². The summed E-state index contributed by atoms with van der Waals surface area (Å²) in [6.45, 7) is 9.31. The SMILES string of the molecule is CCN1CCOC(CNC(C)c2ccc(Br)cc2Br)C1. The zero-order chi connectivity index (χ0) is 14.5. The van der Waals surface area contributed by atoms with E-state index in [0.717, 1.165) is 41.7 Å². The molecular formula is C15H22Br2N2O. The van der Waals surface area contributed by atoms with E-state index in [1.807, 2.05) is 0 Å². The minimum Gasteiger partial charge on any atom is -0.374 e. The van der Waals surface area contributed by atoms with Gasteiger partial charge in [0.15, 0.2) is 0 Å². The lowest BCUT2D eigenvalue weighted by molar-refractivity contribution is -0.0262. The Bertz CT molecular complexity index is 442. The van der Waals surface area contributed by atoms with Gasteiger partial charge in [-0.15, -0.1) is 0 Å². The third-order valence-corrected chi connectivity index (χ3v) is 4.93. The van der Waals surface area contributed by atoms with Gasteiger partial charge in [0, 0.05) is 34.6 Å². The van der Waals surface area contributed by atoms with E-state index in [9.17, 15) is 0 Å². The lowest BCUT2D eigenvalue weighted by Gasteiger charge is -2.33. The summed E-state index contributed by atoms with van der Waals surface area (Å²) in [5.74, 6) is 0. The van der Waals surface area contributed by atoms with Crippen LogP contribution in [-0.4, -0.2) is 43.8 Å². The van der Waals surface area contributed by atoms with Crippen molar-refractivity contribution >= 4 is 31.9 Å². The fourth-order valence-corrected chi connectivity index (χ4v) is 3.85. The van der Waals surface area contributed by atoms with Crippen molar-refractivity contribution in [3.8, 4) is 0 Å². The summed E-state index contributed by atoms with van der Waals surface area (Å²) < 4.78 is 8.05. The fraction of sp³-hybridized carbons (Fsp3) is 0.600. The molecule has 20 heavy (non-hydrogen) atoms. The molecule has 5 heteroatoms. The van der Waals surface area contributed by atoms with E-state index < -0.39 is 0 Å². The van der Waals surface area contributed by atoms with Crippen LogP contribution in [-0.2, 0) is 4.74 Å². The highest BCUT2D eigenvalue weighted by atomic mass is 79.9. The standard InChI is InChI=1S/C15H22Br2N2O/c1-3-19-6-7-20-13(10-19)9-18-11(2)14-5-4-12(16)8-15(14)17/h4-5,8,11,13,18H,3,6-7,9-10H2,1-2H3. The molecule has 3 nitrogen and oxygen atoms in total. The van der Waals surface area contributed by atoms with Crippen molar-refractivity contribution in [3.05, 3.63) is 32.7 Å². The molecule has 1 aliphatic rings. The van der Waals surface area contributed by atoms with E-state index in [1.165, 1.54) is 5.56 Å². The van der Waals surface area contributed by atoms with Gasteiger partial charge in [0.2, 0.25) is 0 Å². The summed E-state index contributed by atoms with van der Waals surface area (Å²) in [4.78, 5) is 2.44. The van der Waals surface area contributed by atoms with Crippen molar-refractivity contribution < 1.29 is 4.74 Å². The number of benzene rings is 1. The predicted octanol–water partition coefficient (Wildman–Crippen LogP) is 3.58. The highest BCUT2D eigenvalue weighted by Crippen LogP contribution is 2.26. The highest BCUT2D eigenvalue weighted by molar-refractivity contribution is 9.11. The second kappa shape index (κ2) is 7.90. The summed E-state index contributed by atoms with van der Waals surface area (Å²) >= 11 is 7.11. The molecular weight excluding hydrogens is 384 g/mol. The van der Waals surface area contributed by atoms with E-state index >= 15 is 0 Å². The number of morpholine rings is 1. The summed E-state index contributed by atoms with van der Waals surface area (Å²) in [7, 11) is 0. The third-order valence-electron chi connectivity index (χ3n) is 3.75. The molecule has 1 aromatic rings. The summed E-state index contributed by atoms with van der Waals surface area (Å²) in [6, 6.07) is 6.61. The summed E-state index contributed by atoms with van der Waals surface area (Å²) in [5, 5.41) is 3.58. The van der Waals surface area contributed by atoms with Gasteiger partial charge in [0.25, 0.3) is 0 Å². The lowest BCUT2D eigenvalue weighted by Crippen LogP contribution is -2.46. The second-order valence-corrected chi connectivity index (χ2v) is 6.95. The molecule has 2 rings (SSSR count). The molecule has 2 unspecified atom stereocenters. The van der Waals surface area contributed by atoms with Crippen molar-refractivity contribution in [2.75, 3.05) is 32.8 Å². The first-order chi connectivity index (χ1) is 9.60. The Balaban J connectivity index is 1.86. The van der Waals surface area contributed by atoms with Crippen LogP contribution in [0.5, 0.6) is 0 Å². The van der Waals surface area contributed by atoms with Gasteiger partial charge < -0.3 is 10.1 Å². The van der Waals surface area contributed by atoms with Crippen LogP contribution in [0.1, 0.15) is 25.5 Å². The van der Waals surface area contributed by atoms with Crippen LogP contribution >= 0.6 is 31.9 Å². The van der Waals surface area contributed by atoms with Gasteiger partial charge in [-0.1, -0.05) is 44.8 Å². The van der Waals surface area contributed by atoms with E-state index in [1.54, 1.807) is 0 Å². The molecule has 1 aromatic carbocycles. The number of nitrogens with zero attached hydrogens (tertiary/aromatic N) is 1. The maximum Gasteiger partial charge on any atom is 0.0826 e. The number of likely N-dealkylation sites (N-methyl/N-ethyl adjacent to an activating group) is 1.